The number of hydrogen-bond donors (Lipinski definition) is 0. The van der Waals surface area contributed by atoms with Crippen LogP contribution < -0.4 is 0 Å². The van der Waals surface area contributed by atoms with Gasteiger partial charge in [-0.2, -0.15) is 0 Å². The highest BCUT2D eigenvalue weighted by Gasteiger charge is 1.95. The fraction of sp³-hybridized carbons (Fsp3) is 0.154. The van der Waals surface area contributed by atoms with Crippen molar-refractivity contribution in [3.05, 3.63) is 62.8 Å². The first-order valence-electron chi connectivity index (χ1n) is 4.22. The van der Waals surface area contributed by atoms with E-state index in [1.54, 1.807) is 31.2 Å². The zero-order chi connectivity index (χ0) is 12.7. The molecule has 0 bridgehead atoms. The van der Waals surface area contributed by atoms with Crippen LogP contribution in [0.2, 0.25) is 0 Å². The molecule has 0 saturated carbocycles. The van der Waals surface area contributed by atoms with Gasteiger partial charge in [0.2, 0.25) is 0 Å². The molecule has 0 amide bonds. The summed E-state index contributed by atoms with van der Waals surface area (Å²) in [6.45, 7) is 18.4. The van der Waals surface area contributed by atoms with Gasteiger partial charge in [-0.05, 0) is 6.92 Å². The predicted octanol–water partition coefficient (Wildman–Crippen LogP) is 3.45. The van der Waals surface area contributed by atoms with Gasteiger partial charge in [-0.15, -0.1) is 0 Å². The summed E-state index contributed by atoms with van der Waals surface area (Å²) in [5.74, 6) is -0.347. The average molecular weight is 208 g/mol. The number of allylic oxidation sites excluding steroid dienone is 4. The lowest BCUT2D eigenvalue weighted by atomic mass is 10.4. The summed E-state index contributed by atoms with van der Waals surface area (Å²) in [4.78, 5) is 10.2. The van der Waals surface area contributed by atoms with Gasteiger partial charge in [-0.25, -0.2) is 4.79 Å². The van der Waals surface area contributed by atoms with Crippen LogP contribution in [-0.2, 0) is 9.53 Å². The number of ether oxygens (including phenoxy) is 1. The van der Waals surface area contributed by atoms with E-state index in [2.05, 4.69) is 37.6 Å². The molecule has 2 nitrogen and oxygen atoms in total. The maximum atomic E-state index is 10.2. The summed E-state index contributed by atoms with van der Waals surface area (Å²) in [6.07, 6.45) is 6.56. The number of methoxy groups -OCH3 is 1. The highest BCUT2D eigenvalue weighted by molar-refractivity contribution is 5.86. The molecule has 2 heteroatoms. The van der Waals surface area contributed by atoms with Gasteiger partial charge in [0.05, 0.1) is 7.11 Å². The van der Waals surface area contributed by atoms with Crippen LogP contribution in [0.1, 0.15) is 6.92 Å². The maximum absolute atomic E-state index is 10.2. The van der Waals surface area contributed by atoms with E-state index >= 15 is 0 Å². The van der Waals surface area contributed by atoms with Crippen LogP contribution in [0.25, 0.3) is 0 Å². The van der Waals surface area contributed by atoms with Crippen molar-refractivity contribution >= 4 is 5.97 Å². The Bertz CT molecular complexity index is 201. The van der Waals surface area contributed by atoms with Crippen LogP contribution in [0.15, 0.2) is 62.8 Å². The van der Waals surface area contributed by atoms with Crippen LogP contribution in [0.5, 0.6) is 0 Å². The summed E-state index contributed by atoms with van der Waals surface area (Å²) in [6, 6.07) is 0. The van der Waals surface area contributed by atoms with Gasteiger partial charge < -0.3 is 4.74 Å². The maximum Gasteiger partial charge on any atom is 0.332 e. The third-order valence-corrected chi connectivity index (χ3v) is 0.867. The van der Waals surface area contributed by atoms with Crippen molar-refractivity contribution in [2.75, 3.05) is 7.11 Å². The topological polar surface area (TPSA) is 26.3 Å². The first-order valence-corrected chi connectivity index (χ1v) is 4.22. The Morgan fingerprint density at radius 2 is 1.27 bits per heavy atom. The van der Waals surface area contributed by atoms with Crippen LogP contribution in [0.3, 0.4) is 0 Å². The Morgan fingerprint density at radius 1 is 1.00 bits per heavy atom. The molecule has 84 valence electrons. The molecule has 15 heavy (non-hydrogen) atoms. The summed E-state index contributed by atoms with van der Waals surface area (Å²) >= 11 is 0. The molecule has 0 aliphatic rings. The van der Waals surface area contributed by atoms with E-state index in [0.717, 1.165) is 0 Å². The van der Waals surface area contributed by atoms with E-state index in [0.29, 0.717) is 5.57 Å². The molecule has 0 saturated heterocycles. The number of rotatable bonds is 3. The van der Waals surface area contributed by atoms with Gasteiger partial charge in [-0.3, -0.25) is 0 Å². The van der Waals surface area contributed by atoms with E-state index in [1.165, 1.54) is 7.11 Å². The van der Waals surface area contributed by atoms with Crippen molar-refractivity contribution in [3.63, 3.8) is 0 Å². The molecule has 0 atom stereocenters. The van der Waals surface area contributed by atoms with Crippen LogP contribution in [-0.4, -0.2) is 13.1 Å². The quantitative estimate of drug-likeness (QED) is 0.403. The smallest absolute Gasteiger partial charge is 0.332 e. The average Bonchev–Trinajstić information content (AvgIpc) is 2.28. The van der Waals surface area contributed by atoms with Gasteiger partial charge in [0, 0.05) is 5.57 Å². The van der Waals surface area contributed by atoms with Crippen LogP contribution >= 0.6 is 0 Å². The van der Waals surface area contributed by atoms with Crippen molar-refractivity contribution in [3.8, 4) is 0 Å². The highest BCUT2D eigenvalue weighted by atomic mass is 16.5. The lowest BCUT2D eigenvalue weighted by Crippen LogP contribution is -1.98. The van der Waals surface area contributed by atoms with Gasteiger partial charge in [0.25, 0.3) is 0 Å². The number of esters is 1. The van der Waals surface area contributed by atoms with E-state index in [4.69, 9.17) is 0 Å². The molecule has 0 spiro atoms. The van der Waals surface area contributed by atoms with E-state index in [1.807, 2.05) is 0 Å². The van der Waals surface area contributed by atoms with Gasteiger partial charge >= 0.3 is 5.97 Å². The molecule has 0 aromatic heterocycles. The van der Waals surface area contributed by atoms with Gasteiger partial charge in [0.15, 0.2) is 0 Å². The van der Waals surface area contributed by atoms with Crippen molar-refractivity contribution < 1.29 is 9.53 Å². The summed E-state index contributed by atoms with van der Waals surface area (Å²) < 4.78 is 4.27. The monoisotopic (exact) mass is 208 g/mol. The van der Waals surface area contributed by atoms with Gasteiger partial charge in [-0.1, -0.05) is 57.2 Å². The first-order chi connectivity index (χ1) is 7.01. The molecule has 0 rings (SSSR count). The Morgan fingerprint density at radius 3 is 1.27 bits per heavy atom. The minimum absolute atomic E-state index is 0.347. The van der Waals surface area contributed by atoms with Crippen molar-refractivity contribution in [2.24, 2.45) is 0 Å². The van der Waals surface area contributed by atoms with Gasteiger partial charge in [0.1, 0.15) is 0 Å². The lowest BCUT2D eigenvalue weighted by molar-refractivity contribution is -0.136. The fourth-order valence-corrected chi connectivity index (χ4v) is 0.174. The second kappa shape index (κ2) is 18.1. The third kappa shape index (κ3) is 33.1. The molecular formula is C13H20O2. The SMILES string of the molecule is C=C(C)C(=O)OC.C=CC=C.C=CC=C. The molecule has 0 N–H and O–H groups in total. The predicted molar refractivity (Wildman–Crippen MR) is 67.6 cm³/mol. The Balaban J connectivity index is -0.000000155. The van der Waals surface area contributed by atoms with E-state index in [9.17, 15) is 4.79 Å². The zero-order valence-electron chi connectivity index (χ0n) is 9.66. The van der Waals surface area contributed by atoms with Crippen molar-refractivity contribution in [1.82, 2.24) is 0 Å². The van der Waals surface area contributed by atoms with Crippen LogP contribution in [0, 0.1) is 0 Å². The Labute approximate surface area is 93.0 Å². The summed E-state index contributed by atoms with van der Waals surface area (Å²) in [7, 11) is 1.33. The molecule has 0 radical (unpaired) electrons. The highest BCUT2D eigenvalue weighted by Crippen LogP contribution is 1.87. The summed E-state index contributed by atoms with van der Waals surface area (Å²) in [5.41, 5.74) is 0.433. The second-order valence-electron chi connectivity index (χ2n) is 2.21. The third-order valence-electron chi connectivity index (χ3n) is 0.867. The normalized spacial score (nSPS) is 6.27. The van der Waals surface area contributed by atoms with E-state index in [-0.39, 0.29) is 5.97 Å². The number of hydrogen-bond acceptors (Lipinski definition) is 2. The second-order valence-corrected chi connectivity index (χ2v) is 2.21. The van der Waals surface area contributed by atoms with Crippen molar-refractivity contribution in [2.45, 2.75) is 6.92 Å². The summed E-state index contributed by atoms with van der Waals surface area (Å²) in [5, 5.41) is 0. The molecule has 0 heterocycles. The van der Waals surface area contributed by atoms with Crippen molar-refractivity contribution in [1.29, 1.82) is 0 Å². The molecule has 0 aromatic carbocycles. The Kier molecular flexibility index (Phi) is 22.7. The molecule has 0 fully saturated rings. The zero-order valence-corrected chi connectivity index (χ0v) is 9.66. The fourth-order valence-electron chi connectivity index (χ4n) is 0.174. The number of carbonyl (C=O) groups is 1. The molecule has 0 aliphatic carbocycles. The molecule has 0 aromatic rings. The Hall–Kier alpha value is -1.83. The minimum Gasteiger partial charge on any atom is -0.466 e. The lowest BCUT2D eigenvalue weighted by Gasteiger charge is -1.91. The molecule has 0 unspecified atom stereocenters. The van der Waals surface area contributed by atoms with Crippen LogP contribution in [0.4, 0.5) is 0 Å². The largest absolute Gasteiger partial charge is 0.466 e. The van der Waals surface area contributed by atoms with E-state index < -0.39 is 0 Å². The standard InChI is InChI=1S/C5H8O2.2C4H6/c1-4(2)5(6)7-3;2*1-3-4-2/h1H2,2-3H3;2*3-4H,1-2H2. The number of carbonyl (C=O) groups excluding carboxylic acids is 1. The minimum atomic E-state index is -0.347. The molecule has 0 aliphatic heterocycles. The first kappa shape index (κ1) is 18.9. The molecular weight excluding hydrogens is 188 g/mol.